The van der Waals surface area contributed by atoms with Crippen molar-refractivity contribution >= 4 is 29.4 Å². The van der Waals surface area contributed by atoms with E-state index in [1.54, 1.807) is 51.0 Å². The summed E-state index contributed by atoms with van der Waals surface area (Å²) in [5.41, 5.74) is 0.895. The van der Waals surface area contributed by atoms with Crippen molar-refractivity contribution in [2.24, 2.45) is 18.9 Å². The molecule has 0 aromatic carbocycles. The highest BCUT2D eigenvalue weighted by Crippen LogP contribution is 2.31. The fourth-order valence-electron chi connectivity index (χ4n) is 4.00. The van der Waals surface area contributed by atoms with Gasteiger partial charge < -0.3 is 15.4 Å². The SMILES string of the molecule is CC1CCC([C@H](NC(=O)OC(C)(C)C)C(=O)Nc2ccc(-c3c(Cl)cnn3C)cn2)CC1. The van der Waals surface area contributed by atoms with Crippen molar-refractivity contribution in [1.82, 2.24) is 20.1 Å². The van der Waals surface area contributed by atoms with Gasteiger partial charge in [0.05, 0.1) is 16.9 Å². The number of halogens is 1. The summed E-state index contributed by atoms with van der Waals surface area (Å²) in [6.45, 7) is 7.60. The number of ether oxygens (including phenoxy) is 1. The summed E-state index contributed by atoms with van der Waals surface area (Å²) in [7, 11) is 1.80. The van der Waals surface area contributed by atoms with Crippen molar-refractivity contribution in [3.63, 3.8) is 0 Å². The van der Waals surface area contributed by atoms with Gasteiger partial charge in [-0.1, -0.05) is 31.4 Å². The zero-order valence-electron chi connectivity index (χ0n) is 19.3. The molecule has 1 fully saturated rings. The third kappa shape index (κ3) is 6.22. The third-order valence-electron chi connectivity index (χ3n) is 5.67. The molecule has 0 bridgehead atoms. The molecule has 1 aliphatic rings. The quantitative estimate of drug-likeness (QED) is 0.666. The lowest BCUT2D eigenvalue weighted by Gasteiger charge is -2.32. The third-order valence-corrected chi connectivity index (χ3v) is 5.95. The van der Waals surface area contributed by atoms with E-state index in [-0.39, 0.29) is 11.8 Å². The van der Waals surface area contributed by atoms with Crippen LogP contribution in [0, 0.1) is 11.8 Å². The van der Waals surface area contributed by atoms with E-state index in [0.29, 0.717) is 16.8 Å². The lowest BCUT2D eigenvalue weighted by atomic mass is 9.79. The molecule has 0 saturated heterocycles. The predicted octanol–water partition coefficient (Wildman–Crippen LogP) is 4.79. The van der Waals surface area contributed by atoms with E-state index < -0.39 is 17.7 Å². The molecular weight excluding hydrogens is 430 g/mol. The summed E-state index contributed by atoms with van der Waals surface area (Å²) in [6, 6.07) is 2.85. The lowest BCUT2D eigenvalue weighted by Crippen LogP contribution is -2.50. The van der Waals surface area contributed by atoms with Crippen molar-refractivity contribution in [1.29, 1.82) is 0 Å². The van der Waals surface area contributed by atoms with Gasteiger partial charge in [0.15, 0.2) is 0 Å². The summed E-state index contributed by atoms with van der Waals surface area (Å²) in [5.74, 6) is 0.780. The molecule has 2 amide bonds. The van der Waals surface area contributed by atoms with Crippen molar-refractivity contribution in [3.8, 4) is 11.3 Å². The van der Waals surface area contributed by atoms with Crippen LogP contribution in [0.1, 0.15) is 53.4 Å². The lowest BCUT2D eigenvalue weighted by molar-refractivity contribution is -0.119. The monoisotopic (exact) mass is 461 g/mol. The number of aromatic nitrogens is 3. The van der Waals surface area contributed by atoms with Crippen LogP contribution in [-0.2, 0) is 16.6 Å². The minimum Gasteiger partial charge on any atom is -0.444 e. The van der Waals surface area contributed by atoms with Crippen LogP contribution in [0.3, 0.4) is 0 Å². The molecule has 9 heteroatoms. The number of alkyl carbamates (subject to hydrolysis) is 1. The van der Waals surface area contributed by atoms with Gasteiger partial charge in [0, 0.05) is 18.8 Å². The number of hydrogen-bond acceptors (Lipinski definition) is 5. The Morgan fingerprint density at radius 1 is 1.19 bits per heavy atom. The van der Waals surface area contributed by atoms with Crippen molar-refractivity contribution < 1.29 is 14.3 Å². The maximum Gasteiger partial charge on any atom is 0.408 e. The topological polar surface area (TPSA) is 98.1 Å². The Morgan fingerprint density at radius 3 is 2.41 bits per heavy atom. The van der Waals surface area contributed by atoms with Crippen molar-refractivity contribution in [3.05, 3.63) is 29.5 Å². The second-order valence-electron chi connectivity index (χ2n) is 9.53. The maximum atomic E-state index is 13.2. The van der Waals surface area contributed by atoms with Gasteiger partial charge in [-0.3, -0.25) is 9.48 Å². The first-order valence-corrected chi connectivity index (χ1v) is 11.4. The molecule has 3 rings (SSSR count). The van der Waals surface area contributed by atoms with Gasteiger partial charge in [-0.05, 0) is 57.6 Å². The zero-order valence-corrected chi connectivity index (χ0v) is 20.1. The Labute approximate surface area is 194 Å². The number of aryl methyl sites for hydroxylation is 1. The van der Waals surface area contributed by atoms with Crippen LogP contribution >= 0.6 is 11.6 Å². The van der Waals surface area contributed by atoms with Gasteiger partial charge in [-0.25, -0.2) is 9.78 Å². The molecule has 2 aromatic heterocycles. The molecule has 2 aromatic rings. The number of nitrogens with one attached hydrogen (secondary N) is 2. The molecule has 1 atom stereocenters. The van der Waals surface area contributed by atoms with Crippen molar-refractivity contribution in [2.75, 3.05) is 5.32 Å². The Bertz CT molecular complexity index is 924. The summed E-state index contributed by atoms with van der Waals surface area (Å²) in [4.78, 5) is 29.9. The molecule has 0 radical (unpaired) electrons. The van der Waals surface area contributed by atoms with Gasteiger partial charge in [0.25, 0.3) is 0 Å². The zero-order chi connectivity index (χ0) is 23.5. The minimum absolute atomic E-state index is 0.0474. The van der Waals surface area contributed by atoms with E-state index in [4.69, 9.17) is 16.3 Å². The van der Waals surface area contributed by atoms with E-state index in [0.717, 1.165) is 36.9 Å². The summed E-state index contributed by atoms with van der Waals surface area (Å²) in [5, 5.41) is 10.3. The molecular formula is C23H32ClN5O3. The van der Waals surface area contributed by atoms with E-state index >= 15 is 0 Å². The molecule has 0 spiro atoms. The number of carbonyl (C=O) groups is 2. The van der Waals surface area contributed by atoms with Crippen LogP contribution in [0.5, 0.6) is 0 Å². The first kappa shape index (κ1) is 24.0. The predicted molar refractivity (Wildman–Crippen MR) is 124 cm³/mol. The largest absolute Gasteiger partial charge is 0.444 e. The van der Waals surface area contributed by atoms with Crippen molar-refractivity contribution in [2.45, 2.75) is 65.0 Å². The highest BCUT2D eigenvalue weighted by Gasteiger charge is 2.34. The fraction of sp³-hybridized carbons (Fsp3) is 0.565. The van der Waals surface area contributed by atoms with Crippen LogP contribution in [0.2, 0.25) is 5.02 Å². The van der Waals surface area contributed by atoms with E-state index in [1.807, 2.05) is 6.07 Å². The molecule has 8 nitrogen and oxygen atoms in total. The van der Waals surface area contributed by atoms with Crippen LogP contribution < -0.4 is 10.6 Å². The molecule has 2 heterocycles. The second kappa shape index (κ2) is 9.90. The molecule has 32 heavy (non-hydrogen) atoms. The average Bonchev–Trinajstić information content (AvgIpc) is 3.04. The van der Waals surface area contributed by atoms with Crippen LogP contribution in [-0.4, -0.2) is 38.4 Å². The summed E-state index contributed by atoms with van der Waals surface area (Å²) in [6.07, 6.45) is 6.43. The van der Waals surface area contributed by atoms with Gasteiger partial charge in [-0.2, -0.15) is 5.10 Å². The summed E-state index contributed by atoms with van der Waals surface area (Å²) >= 11 is 6.20. The highest BCUT2D eigenvalue weighted by atomic mass is 35.5. The van der Waals surface area contributed by atoms with Crippen LogP contribution in [0.25, 0.3) is 11.3 Å². The molecule has 0 aliphatic heterocycles. The normalized spacial score (nSPS) is 19.8. The Morgan fingerprint density at radius 2 is 1.88 bits per heavy atom. The fourth-order valence-corrected chi connectivity index (χ4v) is 4.27. The number of anilines is 1. The van der Waals surface area contributed by atoms with Gasteiger partial charge in [0.1, 0.15) is 17.5 Å². The Hall–Kier alpha value is -2.61. The van der Waals surface area contributed by atoms with Gasteiger partial charge in [0.2, 0.25) is 5.91 Å². The first-order chi connectivity index (χ1) is 15.0. The molecule has 2 N–H and O–H groups in total. The summed E-state index contributed by atoms with van der Waals surface area (Å²) < 4.78 is 7.06. The highest BCUT2D eigenvalue weighted by molar-refractivity contribution is 6.33. The van der Waals surface area contributed by atoms with Crippen LogP contribution in [0.4, 0.5) is 10.6 Å². The Balaban J connectivity index is 1.73. The number of hydrogen-bond donors (Lipinski definition) is 2. The van der Waals surface area contributed by atoms with E-state index in [9.17, 15) is 9.59 Å². The average molecular weight is 462 g/mol. The minimum atomic E-state index is -0.689. The Kier molecular flexibility index (Phi) is 7.44. The van der Waals surface area contributed by atoms with E-state index in [2.05, 4.69) is 27.6 Å². The number of pyridine rings is 1. The number of rotatable bonds is 5. The first-order valence-electron chi connectivity index (χ1n) is 11.0. The number of nitrogens with zero attached hydrogens (tertiary/aromatic N) is 3. The van der Waals surface area contributed by atoms with Gasteiger partial charge >= 0.3 is 6.09 Å². The molecule has 1 saturated carbocycles. The van der Waals surface area contributed by atoms with Crippen LogP contribution in [0.15, 0.2) is 24.5 Å². The molecule has 174 valence electrons. The standard InChI is InChI=1S/C23H32ClN5O3/c1-14-6-8-15(9-7-14)19(28-22(31)32-23(2,3)4)21(30)27-18-11-10-16(12-25-18)20-17(24)13-26-29(20)5/h10-15,19H,6-9H2,1-5H3,(H,28,31)(H,25,27,30)/t14?,15?,19-/m0/s1. The molecule has 0 unspecified atom stereocenters. The maximum absolute atomic E-state index is 13.2. The van der Waals surface area contributed by atoms with Gasteiger partial charge in [-0.15, -0.1) is 0 Å². The second-order valence-corrected chi connectivity index (χ2v) is 9.94. The van der Waals surface area contributed by atoms with E-state index in [1.165, 1.54) is 0 Å². The number of carbonyl (C=O) groups excluding carboxylic acids is 2. The number of amides is 2. The molecule has 1 aliphatic carbocycles. The smallest absolute Gasteiger partial charge is 0.408 e.